The molecule has 0 unspecified atom stereocenters. The molecule has 0 atom stereocenters. The highest BCUT2D eigenvalue weighted by Gasteiger charge is 2.35. The number of nitrogens with one attached hydrogen (secondary N) is 2. The molecule has 152 valence electrons. The van der Waals surface area contributed by atoms with Gasteiger partial charge in [-0.3, -0.25) is 4.79 Å². The van der Waals surface area contributed by atoms with Gasteiger partial charge in [-0.15, -0.1) is 0 Å². The summed E-state index contributed by atoms with van der Waals surface area (Å²) in [4.78, 5) is 35.9. The Bertz CT molecular complexity index is 880. The zero-order valence-corrected chi connectivity index (χ0v) is 17.2. The largest absolute Gasteiger partial charge is 0.342 e. The van der Waals surface area contributed by atoms with Crippen LogP contribution in [0.5, 0.6) is 0 Å². The molecule has 4 rings (SSSR count). The molecule has 0 bridgehead atoms. The summed E-state index contributed by atoms with van der Waals surface area (Å²) in [7, 11) is 0. The number of anilines is 1. The van der Waals surface area contributed by atoms with Crippen LogP contribution in [0.4, 0.5) is 10.5 Å². The van der Waals surface area contributed by atoms with Crippen LogP contribution in [0, 0.1) is 12.8 Å². The van der Waals surface area contributed by atoms with Gasteiger partial charge in [0.1, 0.15) is 0 Å². The predicted molar refractivity (Wildman–Crippen MR) is 112 cm³/mol. The van der Waals surface area contributed by atoms with Gasteiger partial charge in [0, 0.05) is 48.0 Å². The molecule has 2 heterocycles. The van der Waals surface area contributed by atoms with Crippen LogP contribution in [0.2, 0.25) is 0 Å². The van der Waals surface area contributed by atoms with Gasteiger partial charge < -0.3 is 15.5 Å². The maximum absolute atomic E-state index is 12.4. The summed E-state index contributed by atoms with van der Waals surface area (Å²) in [6.07, 6.45) is 7.11. The lowest BCUT2D eigenvalue weighted by atomic mass is 10.0. The number of piperidine rings is 1. The molecule has 7 nitrogen and oxygen atoms in total. The van der Waals surface area contributed by atoms with Crippen molar-refractivity contribution in [2.75, 3.05) is 18.4 Å². The molecule has 2 fully saturated rings. The summed E-state index contributed by atoms with van der Waals surface area (Å²) < 4.78 is 0. The van der Waals surface area contributed by atoms with Crippen molar-refractivity contribution < 1.29 is 9.59 Å². The first-order valence-corrected chi connectivity index (χ1v) is 10.8. The SMILES string of the molecule is Cc1cc(Sc2ncccn2)ccc1NC(=O)NC1CCN(C(=O)C2CC2)CC1. The first-order valence-electron chi connectivity index (χ1n) is 10.0. The van der Waals surface area contributed by atoms with Crippen molar-refractivity contribution >= 4 is 29.4 Å². The second kappa shape index (κ2) is 8.82. The number of likely N-dealkylation sites (tertiary alicyclic amines) is 1. The monoisotopic (exact) mass is 411 g/mol. The maximum Gasteiger partial charge on any atom is 0.319 e. The van der Waals surface area contributed by atoms with E-state index in [2.05, 4.69) is 20.6 Å². The Morgan fingerprint density at radius 2 is 1.83 bits per heavy atom. The zero-order valence-electron chi connectivity index (χ0n) is 16.4. The minimum atomic E-state index is -0.202. The maximum atomic E-state index is 12.4. The number of hydrogen-bond acceptors (Lipinski definition) is 5. The van der Waals surface area contributed by atoms with Crippen LogP contribution >= 0.6 is 11.8 Å². The fourth-order valence-electron chi connectivity index (χ4n) is 3.46. The Balaban J connectivity index is 1.26. The summed E-state index contributed by atoms with van der Waals surface area (Å²) in [5.74, 6) is 0.558. The van der Waals surface area contributed by atoms with E-state index >= 15 is 0 Å². The second-order valence-corrected chi connectivity index (χ2v) is 8.62. The van der Waals surface area contributed by atoms with E-state index in [0.29, 0.717) is 11.1 Å². The molecule has 1 aromatic carbocycles. The van der Waals surface area contributed by atoms with Gasteiger partial charge in [-0.2, -0.15) is 0 Å². The highest BCUT2D eigenvalue weighted by atomic mass is 32.2. The third kappa shape index (κ3) is 5.26. The zero-order chi connectivity index (χ0) is 20.2. The van der Waals surface area contributed by atoms with Crippen LogP contribution in [0.15, 0.2) is 46.7 Å². The van der Waals surface area contributed by atoms with Crippen LogP contribution in [-0.4, -0.2) is 45.9 Å². The van der Waals surface area contributed by atoms with Gasteiger partial charge in [0.15, 0.2) is 5.16 Å². The lowest BCUT2D eigenvalue weighted by Crippen LogP contribution is -2.48. The number of benzene rings is 1. The van der Waals surface area contributed by atoms with Crippen molar-refractivity contribution in [2.45, 2.75) is 48.7 Å². The molecule has 1 aliphatic carbocycles. The molecule has 3 amide bonds. The van der Waals surface area contributed by atoms with Gasteiger partial charge >= 0.3 is 6.03 Å². The van der Waals surface area contributed by atoms with E-state index in [0.717, 1.165) is 54.9 Å². The molecule has 1 saturated heterocycles. The Morgan fingerprint density at radius 3 is 2.48 bits per heavy atom. The molecule has 2 aromatic rings. The van der Waals surface area contributed by atoms with Crippen molar-refractivity contribution in [3.63, 3.8) is 0 Å². The standard InChI is InChI=1S/C21H25N5O2S/c1-14-13-17(29-21-22-9-2-10-23-21)5-6-18(14)25-20(28)24-16-7-11-26(12-8-16)19(27)15-3-4-15/h2,5-6,9-10,13,15-16H,3-4,7-8,11-12H2,1H3,(H2,24,25,28). The van der Waals surface area contributed by atoms with Gasteiger partial charge in [-0.25, -0.2) is 14.8 Å². The smallest absolute Gasteiger partial charge is 0.319 e. The number of amides is 3. The molecule has 29 heavy (non-hydrogen) atoms. The van der Waals surface area contributed by atoms with Gasteiger partial charge in [0.05, 0.1) is 0 Å². The molecule has 2 N–H and O–H groups in total. The fourth-order valence-corrected chi connectivity index (χ4v) is 4.27. The van der Waals surface area contributed by atoms with Gasteiger partial charge in [-0.1, -0.05) is 0 Å². The van der Waals surface area contributed by atoms with E-state index in [1.54, 1.807) is 18.5 Å². The molecule has 1 saturated carbocycles. The Labute approximate surface area is 174 Å². The average molecular weight is 412 g/mol. The van der Waals surface area contributed by atoms with E-state index in [-0.39, 0.29) is 18.0 Å². The van der Waals surface area contributed by atoms with Crippen LogP contribution < -0.4 is 10.6 Å². The average Bonchev–Trinajstić information content (AvgIpc) is 3.56. The summed E-state index contributed by atoms with van der Waals surface area (Å²) in [6.45, 7) is 3.42. The van der Waals surface area contributed by atoms with Crippen molar-refractivity contribution in [3.8, 4) is 0 Å². The van der Waals surface area contributed by atoms with E-state index < -0.39 is 0 Å². The topological polar surface area (TPSA) is 87.2 Å². The number of aromatic nitrogens is 2. The Kier molecular flexibility index (Phi) is 5.99. The summed E-state index contributed by atoms with van der Waals surface area (Å²) in [6, 6.07) is 7.55. The lowest BCUT2D eigenvalue weighted by molar-refractivity contribution is -0.133. The molecule has 1 aliphatic heterocycles. The van der Waals surface area contributed by atoms with Crippen molar-refractivity contribution in [1.29, 1.82) is 0 Å². The molecule has 1 aromatic heterocycles. The number of hydrogen-bond donors (Lipinski definition) is 2. The van der Waals surface area contributed by atoms with Crippen molar-refractivity contribution in [2.24, 2.45) is 5.92 Å². The number of carbonyl (C=O) groups is 2. The molecule has 0 radical (unpaired) electrons. The minimum Gasteiger partial charge on any atom is -0.342 e. The fraction of sp³-hybridized carbons (Fsp3) is 0.429. The number of nitrogens with zero attached hydrogens (tertiary/aromatic N) is 3. The minimum absolute atomic E-state index is 0.101. The third-order valence-corrected chi connectivity index (χ3v) is 6.15. The van der Waals surface area contributed by atoms with Gasteiger partial charge in [-0.05, 0) is 74.2 Å². The van der Waals surface area contributed by atoms with Crippen LogP contribution in [-0.2, 0) is 4.79 Å². The number of carbonyl (C=O) groups excluding carboxylic acids is 2. The first-order chi connectivity index (χ1) is 14.1. The number of rotatable bonds is 5. The van der Waals surface area contributed by atoms with E-state index in [4.69, 9.17) is 0 Å². The quantitative estimate of drug-likeness (QED) is 0.736. The van der Waals surface area contributed by atoms with Gasteiger partial charge in [0.2, 0.25) is 5.91 Å². The predicted octanol–water partition coefficient (Wildman–Crippen LogP) is 3.46. The lowest BCUT2D eigenvalue weighted by Gasteiger charge is -2.32. The van der Waals surface area contributed by atoms with Crippen LogP contribution in [0.25, 0.3) is 0 Å². The van der Waals surface area contributed by atoms with E-state index in [1.165, 1.54) is 11.8 Å². The molecule has 0 spiro atoms. The van der Waals surface area contributed by atoms with Crippen LogP contribution in [0.1, 0.15) is 31.2 Å². The van der Waals surface area contributed by atoms with Gasteiger partial charge in [0.25, 0.3) is 0 Å². The molecular weight excluding hydrogens is 386 g/mol. The summed E-state index contributed by atoms with van der Waals surface area (Å²) >= 11 is 1.48. The molecule has 8 heteroatoms. The summed E-state index contributed by atoms with van der Waals surface area (Å²) in [5, 5.41) is 6.67. The summed E-state index contributed by atoms with van der Waals surface area (Å²) in [5.41, 5.74) is 1.76. The highest BCUT2D eigenvalue weighted by Crippen LogP contribution is 2.32. The van der Waals surface area contributed by atoms with Crippen molar-refractivity contribution in [1.82, 2.24) is 20.2 Å². The van der Waals surface area contributed by atoms with Crippen molar-refractivity contribution in [3.05, 3.63) is 42.2 Å². The molecular formula is C21H25N5O2S. The highest BCUT2D eigenvalue weighted by molar-refractivity contribution is 7.99. The second-order valence-electron chi connectivity index (χ2n) is 7.58. The van der Waals surface area contributed by atoms with E-state index in [9.17, 15) is 9.59 Å². The molecule has 2 aliphatic rings. The normalized spacial score (nSPS) is 17.1. The Hall–Kier alpha value is -2.61. The Morgan fingerprint density at radius 1 is 1.10 bits per heavy atom. The number of aryl methyl sites for hydroxylation is 1. The van der Waals surface area contributed by atoms with E-state index in [1.807, 2.05) is 30.0 Å². The number of urea groups is 1. The van der Waals surface area contributed by atoms with Crippen LogP contribution in [0.3, 0.4) is 0 Å². The third-order valence-electron chi connectivity index (χ3n) is 5.27. The first kappa shape index (κ1) is 19.7.